The summed E-state index contributed by atoms with van der Waals surface area (Å²) in [5, 5.41) is 0. The fraction of sp³-hybridized carbons (Fsp3) is 1.00. The van der Waals surface area contributed by atoms with Gasteiger partial charge in [-0.1, -0.05) is 26.7 Å². The Balaban J connectivity index is 2.15. The summed E-state index contributed by atoms with van der Waals surface area (Å²) in [5.41, 5.74) is 0. The molecule has 5 atom stereocenters. The van der Waals surface area contributed by atoms with Gasteiger partial charge in [-0.25, -0.2) is 0 Å². The number of fused-ring (bicyclic) bond motifs is 1. The molecule has 2 fully saturated rings. The van der Waals surface area contributed by atoms with E-state index in [9.17, 15) is 0 Å². The van der Waals surface area contributed by atoms with Crippen molar-refractivity contribution < 1.29 is 2.74 Å². The molecule has 0 bridgehead atoms. The Morgan fingerprint density at radius 1 is 1.08 bits per heavy atom. The lowest BCUT2D eigenvalue weighted by molar-refractivity contribution is 0.109. The summed E-state index contributed by atoms with van der Waals surface area (Å²) in [6.07, 6.45) is 5.49. The summed E-state index contributed by atoms with van der Waals surface area (Å²) in [6, 6.07) is 0. The van der Waals surface area contributed by atoms with E-state index in [0.717, 1.165) is 31.6 Å². The highest BCUT2D eigenvalue weighted by Gasteiger charge is 2.32. The molecule has 0 heterocycles. The third-order valence-electron chi connectivity index (χ3n) is 3.57. The van der Waals surface area contributed by atoms with Gasteiger partial charge in [-0.05, 0) is 49.3 Å². The van der Waals surface area contributed by atoms with Gasteiger partial charge in [0.15, 0.2) is 0 Å². The summed E-state index contributed by atoms with van der Waals surface area (Å²) in [5.74, 6) is 1.47. The third-order valence-corrected chi connectivity index (χ3v) is 3.57. The highest BCUT2D eigenvalue weighted by Crippen LogP contribution is 2.44. The molecule has 5 unspecified atom stereocenters. The Morgan fingerprint density at radius 3 is 2.67 bits per heavy atom. The molecule has 2 rings (SSSR count). The maximum Gasteiger partial charge on any atom is 0.0306 e. The molecule has 0 saturated heterocycles. The Morgan fingerprint density at radius 2 is 1.83 bits per heavy atom. The zero-order valence-electron chi connectivity index (χ0n) is 10.3. The van der Waals surface area contributed by atoms with E-state index in [1.807, 2.05) is 0 Å². The molecule has 70 valence electrons. The van der Waals surface area contributed by atoms with Crippen LogP contribution in [-0.2, 0) is 0 Å². The SMILES string of the molecule is [2H]C1CC(C)CC2([2H])CCC(C)CC12. The molecule has 0 aromatic heterocycles. The largest absolute Gasteiger partial charge is 0.0625 e. The zero-order chi connectivity index (χ0) is 10.3. The molecular weight excluding hydrogens is 144 g/mol. The van der Waals surface area contributed by atoms with E-state index in [0.29, 0.717) is 11.8 Å². The van der Waals surface area contributed by atoms with E-state index in [4.69, 9.17) is 2.74 Å². The molecule has 0 amide bonds. The van der Waals surface area contributed by atoms with Crippen LogP contribution in [0, 0.1) is 23.6 Å². The summed E-state index contributed by atoms with van der Waals surface area (Å²) < 4.78 is 16.6. The van der Waals surface area contributed by atoms with Gasteiger partial charge in [0.2, 0.25) is 0 Å². The monoisotopic (exact) mass is 168 g/mol. The van der Waals surface area contributed by atoms with Crippen LogP contribution in [0.3, 0.4) is 0 Å². The third kappa shape index (κ3) is 1.67. The maximum absolute atomic E-state index is 8.51. The molecule has 0 aromatic rings. The second-order valence-electron chi connectivity index (χ2n) is 4.92. The Hall–Kier alpha value is 0. The lowest BCUT2D eigenvalue weighted by Gasteiger charge is -2.40. The molecule has 0 radical (unpaired) electrons. The van der Waals surface area contributed by atoms with Crippen LogP contribution in [0.5, 0.6) is 0 Å². The fourth-order valence-electron chi connectivity index (χ4n) is 2.78. The topological polar surface area (TPSA) is 0 Å². The summed E-state index contributed by atoms with van der Waals surface area (Å²) in [4.78, 5) is 0. The Kier molecular flexibility index (Phi) is 1.83. The lowest BCUT2D eigenvalue weighted by atomic mass is 9.65. The van der Waals surface area contributed by atoms with E-state index in [1.165, 1.54) is 6.42 Å². The molecular formula is C12H22. The Labute approximate surface area is 79.6 Å². The minimum atomic E-state index is -0.239. The highest BCUT2D eigenvalue weighted by molar-refractivity contribution is 4.83. The molecule has 0 heteroatoms. The predicted octanol–water partition coefficient (Wildman–Crippen LogP) is 3.86. The van der Waals surface area contributed by atoms with Crippen molar-refractivity contribution in [3.63, 3.8) is 0 Å². The smallest absolute Gasteiger partial charge is 0.0306 e. The predicted molar refractivity (Wildman–Crippen MR) is 53.0 cm³/mol. The van der Waals surface area contributed by atoms with Gasteiger partial charge >= 0.3 is 0 Å². The van der Waals surface area contributed by atoms with Gasteiger partial charge in [-0.3, -0.25) is 0 Å². The van der Waals surface area contributed by atoms with E-state index in [1.54, 1.807) is 0 Å². The van der Waals surface area contributed by atoms with Gasteiger partial charge < -0.3 is 0 Å². The van der Waals surface area contributed by atoms with Crippen LogP contribution in [0.15, 0.2) is 0 Å². The van der Waals surface area contributed by atoms with Crippen LogP contribution in [0.1, 0.15) is 55.1 Å². The summed E-state index contributed by atoms with van der Waals surface area (Å²) >= 11 is 0. The number of rotatable bonds is 0. The first kappa shape index (κ1) is 6.45. The van der Waals surface area contributed by atoms with Crippen molar-refractivity contribution in [2.45, 2.75) is 52.3 Å². The molecule has 0 aromatic carbocycles. The van der Waals surface area contributed by atoms with Gasteiger partial charge in [-0.15, -0.1) is 0 Å². The Bertz CT molecular complexity index is 216. The minimum Gasteiger partial charge on any atom is -0.0625 e. The standard InChI is InChI=1S/C12H22/c1-9-3-5-12-8-10(2)4-6-11(12)7-9/h9-12H,3-8H2,1-2H3/i5D,11D. The van der Waals surface area contributed by atoms with Crippen molar-refractivity contribution in [3.05, 3.63) is 0 Å². The maximum atomic E-state index is 8.51. The van der Waals surface area contributed by atoms with Crippen molar-refractivity contribution in [2.75, 3.05) is 0 Å². The summed E-state index contributed by atoms with van der Waals surface area (Å²) in [6.45, 7) is 4.50. The second-order valence-corrected chi connectivity index (χ2v) is 4.92. The number of hydrogen-bond donors (Lipinski definition) is 0. The van der Waals surface area contributed by atoms with Crippen molar-refractivity contribution >= 4 is 0 Å². The van der Waals surface area contributed by atoms with Crippen LogP contribution >= 0.6 is 0 Å². The average molecular weight is 168 g/mol. The quantitative estimate of drug-likeness (QED) is 0.515. The first-order valence-corrected chi connectivity index (χ1v) is 5.43. The van der Waals surface area contributed by atoms with Crippen LogP contribution in [0.2, 0.25) is 0 Å². The average Bonchev–Trinajstić information content (AvgIpc) is 2.07. The van der Waals surface area contributed by atoms with E-state index < -0.39 is 0 Å². The fourth-order valence-corrected chi connectivity index (χ4v) is 2.78. The van der Waals surface area contributed by atoms with Crippen molar-refractivity contribution in [1.29, 1.82) is 0 Å². The molecule has 2 aliphatic rings. The van der Waals surface area contributed by atoms with Crippen LogP contribution in [0.4, 0.5) is 0 Å². The van der Waals surface area contributed by atoms with Gasteiger partial charge in [-0.2, -0.15) is 0 Å². The van der Waals surface area contributed by atoms with Gasteiger partial charge in [0.25, 0.3) is 0 Å². The highest BCUT2D eigenvalue weighted by atomic mass is 14.4. The van der Waals surface area contributed by atoms with Crippen LogP contribution < -0.4 is 0 Å². The minimum absolute atomic E-state index is 0.0407. The van der Waals surface area contributed by atoms with Crippen molar-refractivity contribution in [1.82, 2.24) is 0 Å². The van der Waals surface area contributed by atoms with E-state index in [-0.39, 0.29) is 12.3 Å². The molecule has 12 heavy (non-hydrogen) atoms. The molecule has 0 spiro atoms. The molecule has 0 aliphatic heterocycles. The lowest BCUT2D eigenvalue weighted by Crippen LogP contribution is -2.29. The van der Waals surface area contributed by atoms with Gasteiger partial charge in [0.05, 0.1) is 0 Å². The molecule has 0 N–H and O–H groups in total. The zero-order valence-corrected chi connectivity index (χ0v) is 8.34. The van der Waals surface area contributed by atoms with Crippen LogP contribution in [0.25, 0.3) is 0 Å². The normalized spacial score (nSPS) is 63.2. The molecule has 2 saturated carbocycles. The van der Waals surface area contributed by atoms with Crippen molar-refractivity contribution in [2.24, 2.45) is 23.6 Å². The van der Waals surface area contributed by atoms with Crippen molar-refractivity contribution in [3.8, 4) is 0 Å². The van der Waals surface area contributed by atoms with E-state index >= 15 is 0 Å². The van der Waals surface area contributed by atoms with Crippen LogP contribution in [-0.4, -0.2) is 0 Å². The first-order valence-electron chi connectivity index (χ1n) is 6.51. The first-order chi connectivity index (χ1) is 6.51. The van der Waals surface area contributed by atoms with Gasteiger partial charge in [0.1, 0.15) is 0 Å². The van der Waals surface area contributed by atoms with E-state index in [2.05, 4.69) is 13.8 Å². The summed E-state index contributed by atoms with van der Waals surface area (Å²) in [7, 11) is 0. The molecule has 0 nitrogen and oxygen atoms in total. The second kappa shape index (κ2) is 3.40. The number of hydrogen-bond acceptors (Lipinski definition) is 0. The van der Waals surface area contributed by atoms with Gasteiger partial charge in [0, 0.05) is 2.74 Å². The molecule has 2 aliphatic carbocycles.